The van der Waals surface area contributed by atoms with Crippen molar-refractivity contribution in [1.82, 2.24) is 10.3 Å². The fourth-order valence-electron chi connectivity index (χ4n) is 2.27. The smallest absolute Gasteiger partial charge is 0.0467 e. The average Bonchev–Trinajstić information content (AvgIpc) is 2.46. The summed E-state index contributed by atoms with van der Waals surface area (Å²) >= 11 is 0. The SMILES string of the molecule is Cc1ccncc1C(CN)NC(C)c1ccccc1. The first-order chi connectivity index (χ1) is 9.22. The molecule has 1 aromatic heterocycles. The molecule has 0 bridgehead atoms. The second kappa shape index (κ2) is 6.45. The molecule has 0 aliphatic rings. The molecular weight excluding hydrogens is 234 g/mol. The highest BCUT2D eigenvalue weighted by atomic mass is 15.0. The van der Waals surface area contributed by atoms with Gasteiger partial charge in [0.15, 0.2) is 0 Å². The Balaban J connectivity index is 2.14. The van der Waals surface area contributed by atoms with E-state index in [0.29, 0.717) is 6.54 Å². The lowest BCUT2D eigenvalue weighted by atomic mass is 10.0. The second-order valence-electron chi connectivity index (χ2n) is 4.82. The van der Waals surface area contributed by atoms with Gasteiger partial charge in [0, 0.05) is 31.0 Å². The Morgan fingerprint density at radius 2 is 1.95 bits per heavy atom. The predicted octanol–water partition coefficient (Wildman–Crippen LogP) is 2.74. The third kappa shape index (κ3) is 3.40. The number of hydrogen-bond acceptors (Lipinski definition) is 3. The summed E-state index contributed by atoms with van der Waals surface area (Å²) in [5, 5.41) is 3.58. The molecule has 2 unspecified atom stereocenters. The maximum atomic E-state index is 5.91. The van der Waals surface area contributed by atoms with Crippen molar-refractivity contribution >= 4 is 0 Å². The molecule has 0 aliphatic heterocycles. The van der Waals surface area contributed by atoms with Crippen LogP contribution < -0.4 is 11.1 Å². The van der Waals surface area contributed by atoms with E-state index in [-0.39, 0.29) is 12.1 Å². The molecule has 3 heteroatoms. The zero-order chi connectivity index (χ0) is 13.7. The lowest BCUT2D eigenvalue weighted by Crippen LogP contribution is -2.31. The Morgan fingerprint density at radius 3 is 2.58 bits per heavy atom. The van der Waals surface area contributed by atoms with Crippen LogP contribution in [0.15, 0.2) is 48.8 Å². The molecule has 2 aromatic rings. The van der Waals surface area contributed by atoms with Crippen LogP contribution in [0, 0.1) is 6.92 Å². The zero-order valence-corrected chi connectivity index (χ0v) is 11.5. The second-order valence-corrected chi connectivity index (χ2v) is 4.82. The monoisotopic (exact) mass is 255 g/mol. The first kappa shape index (κ1) is 13.7. The minimum atomic E-state index is 0.129. The molecule has 1 aromatic carbocycles. The van der Waals surface area contributed by atoms with Gasteiger partial charge in [-0.3, -0.25) is 4.98 Å². The zero-order valence-electron chi connectivity index (χ0n) is 11.5. The summed E-state index contributed by atoms with van der Waals surface area (Å²) in [5.74, 6) is 0. The molecule has 3 N–H and O–H groups in total. The Labute approximate surface area is 114 Å². The average molecular weight is 255 g/mol. The van der Waals surface area contributed by atoms with Gasteiger partial charge in [-0.25, -0.2) is 0 Å². The molecule has 2 atom stereocenters. The molecule has 19 heavy (non-hydrogen) atoms. The summed E-state index contributed by atoms with van der Waals surface area (Å²) < 4.78 is 0. The maximum Gasteiger partial charge on any atom is 0.0467 e. The minimum absolute atomic E-state index is 0.129. The van der Waals surface area contributed by atoms with Gasteiger partial charge in [-0.1, -0.05) is 30.3 Å². The summed E-state index contributed by atoms with van der Waals surface area (Å²) in [4.78, 5) is 4.20. The summed E-state index contributed by atoms with van der Waals surface area (Å²) in [7, 11) is 0. The first-order valence-electron chi connectivity index (χ1n) is 6.64. The van der Waals surface area contributed by atoms with Crippen LogP contribution in [-0.2, 0) is 0 Å². The Hall–Kier alpha value is -1.71. The van der Waals surface area contributed by atoms with Crippen molar-refractivity contribution in [2.75, 3.05) is 6.54 Å². The number of benzene rings is 1. The molecule has 100 valence electrons. The van der Waals surface area contributed by atoms with Crippen LogP contribution >= 0.6 is 0 Å². The van der Waals surface area contributed by atoms with Gasteiger partial charge in [-0.2, -0.15) is 0 Å². The summed E-state index contributed by atoms with van der Waals surface area (Å²) in [6.07, 6.45) is 3.71. The van der Waals surface area contributed by atoms with Crippen molar-refractivity contribution in [1.29, 1.82) is 0 Å². The van der Waals surface area contributed by atoms with Crippen LogP contribution in [0.1, 0.15) is 35.7 Å². The number of nitrogens with zero attached hydrogens (tertiary/aromatic N) is 1. The van der Waals surface area contributed by atoms with E-state index in [0.717, 1.165) is 0 Å². The molecule has 3 nitrogen and oxygen atoms in total. The number of aromatic nitrogens is 1. The van der Waals surface area contributed by atoms with Crippen LogP contribution in [0.2, 0.25) is 0 Å². The third-order valence-electron chi connectivity index (χ3n) is 3.44. The summed E-state index contributed by atoms with van der Waals surface area (Å²) in [5.41, 5.74) is 9.57. The molecular formula is C16H21N3. The fourth-order valence-corrected chi connectivity index (χ4v) is 2.27. The molecule has 2 rings (SSSR count). The van der Waals surface area contributed by atoms with E-state index in [4.69, 9.17) is 5.73 Å². The molecule has 0 fully saturated rings. The number of pyridine rings is 1. The van der Waals surface area contributed by atoms with Crippen LogP contribution in [0.5, 0.6) is 0 Å². The van der Waals surface area contributed by atoms with E-state index in [1.807, 2.05) is 24.5 Å². The van der Waals surface area contributed by atoms with Crippen molar-refractivity contribution in [2.45, 2.75) is 25.9 Å². The fraction of sp³-hybridized carbons (Fsp3) is 0.312. The Kier molecular flexibility index (Phi) is 4.66. The van der Waals surface area contributed by atoms with E-state index < -0.39 is 0 Å². The third-order valence-corrected chi connectivity index (χ3v) is 3.44. The van der Waals surface area contributed by atoms with E-state index in [1.54, 1.807) is 0 Å². The normalized spacial score (nSPS) is 14.1. The molecule has 0 radical (unpaired) electrons. The highest BCUT2D eigenvalue weighted by molar-refractivity contribution is 5.26. The minimum Gasteiger partial charge on any atom is -0.329 e. The number of nitrogens with two attached hydrogens (primary N) is 1. The van der Waals surface area contributed by atoms with E-state index in [9.17, 15) is 0 Å². The molecule has 0 amide bonds. The molecule has 0 spiro atoms. The lowest BCUT2D eigenvalue weighted by molar-refractivity contribution is 0.471. The standard InChI is InChI=1S/C16H21N3/c1-12-8-9-18-11-15(12)16(10-17)19-13(2)14-6-4-3-5-7-14/h3-9,11,13,16,19H,10,17H2,1-2H3. The number of nitrogens with one attached hydrogen (secondary N) is 1. The number of aryl methyl sites for hydroxylation is 1. The van der Waals surface area contributed by atoms with Crippen LogP contribution in [0.3, 0.4) is 0 Å². The Morgan fingerprint density at radius 1 is 1.21 bits per heavy atom. The van der Waals surface area contributed by atoms with Crippen molar-refractivity contribution < 1.29 is 0 Å². The highest BCUT2D eigenvalue weighted by Gasteiger charge is 2.15. The van der Waals surface area contributed by atoms with Gasteiger partial charge in [-0.05, 0) is 36.6 Å². The van der Waals surface area contributed by atoms with E-state index in [2.05, 4.69) is 48.4 Å². The van der Waals surface area contributed by atoms with Gasteiger partial charge in [0.2, 0.25) is 0 Å². The van der Waals surface area contributed by atoms with Crippen LogP contribution in [-0.4, -0.2) is 11.5 Å². The predicted molar refractivity (Wildman–Crippen MR) is 78.8 cm³/mol. The van der Waals surface area contributed by atoms with E-state index in [1.165, 1.54) is 16.7 Å². The number of rotatable bonds is 5. The lowest BCUT2D eigenvalue weighted by Gasteiger charge is -2.23. The first-order valence-corrected chi connectivity index (χ1v) is 6.64. The molecule has 0 saturated carbocycles. The van der Waals surface area contributed by atoms with Gasteiger partial charge < -0.3 is 11.1 Å². The largest absolute Gasteiger partial charge is 0.329 e. The van der Waals surface area contributed by atoms with Crippen molar-refractivity contribution in [3.8, 4) is 0 Å². The van der Waals surface area contributed by atoms with Crippen LogP contribution in [0.4, 0.5) is 0 Å². The molecule has 0 aliphatic carbocycles. The van der Waals surface area contributed by atoms with Crippen molar-refractivity contribution in [3.63, 3.8) is 0 Å². The van der Waals surface area contributed by atoms with Gasteiger partial charge in [0.25, 0.3) is 0 Å². The van der Waals surface area contributed by atoms with Crippen LogP contribution in [0.25, 0.3) is 0 Å². The Bertz CT molecular complexity index is 510. The summed E-state index contributed by atoms with van der Waals surface area (Å²) in [6, 6.07) is 12.8. The maximum absolute atomic E-state index is 5.91. The number of hydrogen-bond donors (Lipinski definition) is 2. The van der Waals surface area contributed by atoms with Gasteiger partial charge in [0.1, 0.15) is 0 Å². The molecule has 1 heterocycles. The van der Waals surface area contributed by atoms with Crippen molar-refractivity contribution in [2.24, 2.45) is 5.73 Å². The van der Waals surface area contributed by atoms with Gasteiger partial charge >= 0.3 is 0 Å². The molecule has 0 saturated heterocycles. The van der Waals surface area contributed by atoms with E-state index >= 15 is 0 Å². The summed E-state index contributed by atoms with van der Waals surface area (Å²) in [6.45, 7) is 4.81. The highest BCUT2D eigenvalue weighted by Crippen LogP contribution is 2.20. The topological polar surface area (TPSA) is 50.9 Å². The quantitative estimate of drug-likeness (QED) is 0.863. The van der Waals surface area contributed by atoms with Gasteiger partial charge in [-0.15, -0.1) is 0 Å². The van der Waals surface area contributed by atoms with Crippen molar-refractivity contribution in [3.05, 3.63) is 65.5 Å². The van der Waals surface area contributed by atoms with Gasteiger partial charge in [0.05, 0.1) is 0 Å².